The molecule has 1 aliphatic heterocycles. The molecule has 140 valence electrons. The lowest BCUT2D eigenvalue weighted by molar-refractivity contribution is -0.151. The van der Waals surface area contributed by atoms with Crippen molar-refractivity contribution in [2.24, 2.45) is 0 Å². The molecule has 10 nitrogen and oxygen atoms in total. The van der Waals surface area contributed by atoms with Crippen LogP contribution >= 0.6 is 0 Å². The number of ether oxygens (including phenoxy) is 7. The molecule has 1 rings (SSSR count). The van der Waals surface area contributed by atoms with Gasteiger partial charge in [0.15, 0.2) is 25.4 Å². The normalized spacial score (nSPS) is 18.7. The van der Waals surface area contributed by atoms with E-state index in [4.69, 9.17) is 38.3 Å². The highest BCUT2D eigenvalue weighted by atomic mass is 16.7. The molecule has 0 aliphatic carbocycles. The summed E-state index contributed by atoms with van der Waals surface area (Å²) < 4.78 is 35.4. The molecule has 1 heterocycles. The van der Waals surface area contributed by atoms with E-state index >= 15 is 0 Å². The summed E-state index contributed by atoms with van der Waals surface area (Å²) in [5.41, 5.74) is 0. The van der Waals surface area contributed by atoms with Crippen LogP contribution in [0.15, 0.2) is 11.5 Å². The molecule has 0 fully saturated rings. The molecule has 2 unspecified atom stereocenters. The zero-order valence-corrected chi connectivity index (χ0v) is 13.8. The molecular formula is C14H24O10. The average Bonchev–Trinajstić information content (AvgIpc) is 2.90. The van der Waals surface area contributed by atoms with Gasteiger partial charge in [0.2, 0.25) is 5.76 Å². The monoisotopic (exact) mass is 352 g/mol. The maximum atomic E-state index is 11.9. The average molecular weight is 352 g/mol. The molecule has 10 heteroatoms. The SMILES string of the molecule is COCCOCOC1=C(OCOCCOC)C(C(O)CO)OC1=O. The number of hydrogen-bond donors (Lipinski definition) is 2. The van der Waals surface area contributed by atoms with Gasteiger partial charge >= 0.3 is 5.97 Å². The van der Waals surface area contributed by atoms with Crippen molar-refractivity contribution in [3.63, 3.8) is 0 Å². The van der Waals surface area contributed by atoms with Crippen LogP contribution in [0.3, 0.4) is 0 Å². The van der Waals surface area contributed by atoms with Gasteiger partial charge in [0.25, 0.3) is 0 Å². The van der Waals surface area contributed by atoms with Gasteiger partial charge < -0.3 is 43.4 Å². The molecular weight excluding hydrogens is 328 g/mol. The number of aliphatic hydroxyl groups is 2. The number of rotatable bonds is 14. The first kappa shape index (κ1) is 20.6. The maximum absolute atomic E-state index is 11.9. The Morgan fingerprint density at radius 1 is 1.04 bits per heavy atom. The van der Waals surface area contributed by atoms with Crippen LogP contribution < -0.4 is 0 Å². The summed E-state index contributed by atoms with van der Waals surface area (Å²) in [6, 6.07) is 0. The van der Waals surface area contributed by atoms with Gasteiger partial charge in [-0.15, -0.1) is 0 Å². The van der Waals surface area contributed by atoms with E-state index < -0.39 is 24.8 Å². The van der Waals surface area contributed by atoms with Gasteiger partial charge in [0.05, 0.1) is 33.0 Å². The van der Waals surface area contributed by atoms with Gasteiger partial charge in [-0.2, -0.15) is 0 Å². The Bertz CT molecular complexity index is 397. The molecule has 2 atom stereocenters. The molecule has 0 radical (unpaired) electrons. The lowest BCUT2D eigenvalue weighted by Crippen LogP contribution is -2.32. The number of cyclic esters (lactones) is 1. The molecule has 0 amide bonds. The molecule has 0 spiro atoms. The number of carbonyl (C=O) groups is 1. The highest BCUT2D eigenvalue weighted by Gasteiger charge is 2.42. The van der Waals surface area contributed by atoms with Crippen LogP contribution in [0.2, 0.25) is 0 Å². The van der Waals surface area contributed by atoms with E-state index in [0.717, 1.165) is 0 Å². The highest BCUT2D eigenvalue weighted by molar-refractivity contribution is 5.89. The first-order chi connectivity index (χ1) is 11.7. The van der Waals surface area contributed by atoms with Crippen molar-refractivity contribution in [3.05, 3.63) is 11.5 Å². The van der Waals surface area contributed by atoms with Crippen LogP contribution in [0.25, 0.3) is 0 Å². The van der Waals surface area contributed by atoms with E-state index in [-0.39, 0.29) is 38.3 Å². The van der Waals surface area contributed by atoms with E-state index in [1.54, 1.807) is 0 Å². The van der Waals surface area contributed by atoms with Crippen molar-refractivity contribution in [1.29, 1.82) is 0 Å². The summed E-state index contributed by atoms with van der Waals surface area (Å²) in [4.78, 5) is 11.9. The quantitative estimate of drug-likeness (QED) is 0.223. The van der Waals surface area contributed by atoms with Gasteiger partial charge in [-0.1, -0.05) is 0 Å². The molecule has 0 aromatic heterocycles. The van der Waals surface area contributed by atoms with Gasteiger partial charge in [0.1, 0.15) is 6.10 Å². The summed E-state index contributed by atoms with van der Waals surface area (Å²) in [5.74, 6) is -1.12. The van der Waals surface area contributed by atoms with Crippen molar-refractivity contribution < 1.29 is 48.2 Å². The largest absolute Gasteiger partial charge is 0.464 e. The Morgan fingerprint density at radius 2 is 1.62 bits per heavy atom. The van der Waals surface area contributed by atoms with Crippen molar-refractivity contribution in [1.82, 2.24) is 0 Å². The van der Waals surface area contributed by atoms with E-state index in [1.807, 2.05) is 0 Å². The second kappa shape index (κ2) is 12.0. The van der Waals surface area contributed by atoms with Gasteiger partial charge in [-0.25, -0.2) is 4.79 Å². The Hall–Kier alpha value is -1.43. The predicted octanol–water partition coefficient (Wildman–Crippen LogP) is -1.25. The predicted molar refractivity (Wildman–Crippen MR) is 77.6 cm³/mol. The smallest absolute Gasteiger partial charge is 0.378 e. The number of carbonyl (C=O) groups excluding carboxylic acids is 1. The van der Waals surface area contributed by atoms with Gasteiger partial charge in [0, 0.05) is 14.2 Å². The fraction of sp³-hybridized carbons (Fsp3) is 0.786. The molecule has 0 aromatic rings. The molecule has 24 heavy (non-hydrogen) atoms. The van der Waals surface area contributed by atoms with E-state index in [1.165, 1.54) is 14.2 Å². The van der Waals surface area contributed by atoms with E-state index in [9.17, 15) is 9.90 Å². The highest BCUT2D eigenvalue weighted by Crippen LogP contribution is 2.27. The minimum Gasteiger partial charge on any atom is -0.464 e. The van der Waals surface area contributed by atoms with Crippen LogP contribution in [-0.2, 0) is 38.0 Å². The molecule has 1 aliphatic rings. The lowest BCUT2D eigenvalue weighted by Gasteiger charge is -2.18. The Morgan fingerprint density at radius 3 is 2.17 bits per heavy atom. The van der Waals surface area contributed by atoms with Crippen LogP contribution in [0.4, 0.5) is 0 Å². The van der Waals surface area contributed by atoms with Crippen LogP contribution in [0.1, 0.15) is 0 Å². The van der Waals surface area contributed by atoms with Crippen LogP contribution in [-0.4, -0.2) is 89.2 Å². The van der Waals surface area contributed by atoms with Crippen molar-refractivity contribution in [2.45, 2.75) is 12.2 Å². The third kappa shape index (κ3) is 6.59. The molecule has 0 saturated heterocycles. The molecule has 2 N–H and O–H groups in total. The summed E-state index contributed by atoms with van der Waals surface area (Å²) >= 11 is 0. The summed E-state index contributed by atoms with van der Waals surface area (Å²) in [5, 5.41) is 18.8. The van der Waals surface area contributed by atoms with Crippen molar-refractivity contribution >= 4 is 5.97 Å². The van der Waals surface area contributed by atoms with Gasteiger partial charge in [-0.05, 0) is 0 Å². The van der Waals surface area contributed by atoms with Crippen molar-refractivity contribution in [2.75, 3.05) is 60.8 Å². The number of hydrogen-bond acceptors (Lipinski definition) is 10. The van der Waals surface area contributed by atoms with Crippen LogP contribution in [0.5, 0.6) is 0 Å². The number of esters is 1. The molecule has 0 bridgehead atoms. The number of methoxy groups -OCH3 is 2. The standard InChI is InChI=1S/C14H24O10/c1-18-3-5-20-8-22-12-11(10(16)7-15)24-14(17)13(12)23-9-21-6-4-19-2/h10-11,15-16H,3-9H2,1-2H3. The second-order valence-corrected chi connectivity index (χ2v) is 4.60. The summed E-state index contributed by atoms with van der Waals surface area (Å²) in [7, 11) is 3.05. The molecule has 0 saturated carbocycles. The molecule has 0 aromatic carbocycles. The van der Waals surface area contributed by atoms with E-state index in [2.05, 4.69) is 0 Å². The first-order valence-corrected chi connectivity index (χ1v) is 7.28. The minimum atomic E-state index is -1.35. The second-order valence-electron chi connectivity index (χ2n) is 4.60. The lowest BCUT2D eigenvalue weighted by atomic mass is 10.2. The maximum Gasteiger partial charge on any atom is 0.378 e. The summed E-state index contributed by atoms with van der Waals surface area (Å²) in [6.07, 6.45) is -2.53. The van der Waals surface area contributed by atoms with Crippen LogP contribution in [0, 0.1) is 0 Å². The summed E-state index contributed by atoms with van der Waals surface area (Å²) in [6.45, 7) is 0.244. The zero-order valence-electron chi connectivity index (χ0n) is 13.8. The minimum absolute atomic E-state index is 0.0608. The third-order valence-electron chi connectivity index (χ3n) is 2.89. The first-order valence-electron chi connectivity index (χ1n) is 7.28. The Balaban J connectivity index is 2.63. The fourth-order valence-electron chi connectivity index (χ4n) is 1.69. The fourth-order valence-corrected chi connectivity index (χ4v) is 1.69. The Labute approximate surface area is 139 Å². The Kier molecular flexibility index (Phi) is 10.3. The van der Waals surface area contributed by atoms with Gasteiger partial charge in [-0.3, -0.25) is 0 Å². The third-order valence-corrected chi connectivity index (χ3v) is 2.89. The van der Waals surface area contributed by atoms with Crippen molar-refractivity contribution in [3.8, 4) is 0 Å². The zero-order chi connectivity index (χ0) is 17.8. The van der Waals surface area contributed by atoms with E-state index in [0.29, 0.717) is 13.2 Å². The topological polar surface area (TPSA) is 122 Å². The number of aliphatic hydroxyl groups excluding tert-OH is 2.